The summed E-state index contributed by atoms with van der Waals surface area (Å²) in [4.78, 5) is 31.8. The van der Waals surface area contributed by atoms with Gasteiger partial charge in [0.05, 0.1) is 11.3 Å². The van der Waals surface area contributed by atoms with Gasteiger partial charge in [0, 0.05) is 17.0 Å². The van der Waals surface area contributed by atoms with E-state index in [1.54, 1.807) is 0 Å². The van der Waals surface area contributed by atoms with Crippen molar-refractivity contribution in [1.82, 2.24) is 20.5 Å². The Bertz CT molecular complexity index is 1380. The second-order valence-corrected chi connectivity index (χ2v) is 10.8. The minimum Gasteiger partial charge on any atom is -0.348 e. The van der Waals surface area contributed by atoms with E-state index in [4.69, 9.17) is 0 Å². The largest absolute Gasteiger partial charge is 0.348 e. The zero-order valence-electron chi connectivity index (χ0n) is 20.0. The van der Waals surface area contributed by atoms with Crippen LogP contribution in [0.2, 0.25) is 0 Å². The molecule has 5 rings (SSSR count). The maximum absolute atomic E-state index is 13.2. The van der Waals surface area contributed by atoms with Crippen LogP contribution in [0.5, 0.6) is 0 Å². The van der Waals surface area contributed by atoms with E-state index in [-0.39, 0.29) is 17.6 Å². The molecule has 2 aromatic carbocycles. The number of hydrogen-bond donors (Lipinski definition) is 3. The Balaban J connectivity index is 1.25. The summed E-state index contributed by atoms with van der Waals surface area (Å²) in [6, 6.07) is 17.8. The topological polar surface area (TPSA) is 99.8 Å². The number of nitrogens with one attached hydrogen (secondary N) is 3. The first-order valence-corrected chi connectivity index (χ1v) is 13.8. The van der Waals surface area contributed by atoms with E-state index in [2.05, 4.69) is 25.8 Å². The van der Waals surface area contributed by atoms with Gasteiger partial charge < -0.3 is 10.6 Å². The van der Waals surface area contributed by atoms with Crippen LogP contribution >= 0.6 is 23.1 Å². The molecule has 0 saturated heterocycles. The highest BCUT2D eigenvalue weighted by Crippen LogP contribution is 2.38. The number of thioether (sulfide) groups is 1. The summed E-state index contributed by atoms with van der Waals surface area (Å²) >= 11 is 2.79. The molecule has 1 aliphatic rings. The number of benzene rings is 2. The zero-order valence-corrected chi connectivity index (χ0v) is 21.6. The van der Waals surface area contributed by atoms with Gasteiger partial charge >= 0.3 is 0 Å². The van der Waals surface area contributed by atoms with E-state index in [1.807, 2.05) is 61.5 Å². The molecular formula is C27H27N5O2S2. The smallest absolute Gasteiger partial charge is 0.254 e. The third kappa shape index (κ3) is 5.68. The Labute approximate surface area is 218 Å². The molecule has 0 atom stereocenters. The van der Waals surface area contributed by atoms with E-state index < -0.39 is 0 Å². The predicted molar refractivity (Wildman–Crippen MR) is 144 cm³/mol. The molecule has 0 spiro atoms. The maximum Gasteiger partial charge on any atom is 0.254 e. The number of aromatic amines is 1. The number of nitrogens with zero attached hydrogens (tertiary/aromatic N) is 2. The van der Waals surface area contributed by atoms with Crippen molar-refractivity contribution in [2.45, 2.75) is 44.3 Å². The number of aryl methyl sites for hydroxylation is 2. The number of H-pyrrole nitrogens is 1. The van der Waals surface area contributed by atoms with Crippen molar-refractivity contribution < 1.29 is 9.59 Å². The van der Waals surface area contributed by atoms with E-state index in [0.717, 1.165) is 47.9 Å². The molecule has 0 unspecified atom stereocenters. The number of fused-ring (bicyclic) bond motifs is 1. The quantitative estimate of drug-likeness (QED) is 0.273. The fraction of sp³-hybridized carbons (Fsp3) is 0.259. The average Bonchev–Trinajstić information content (AvgIpc) is 3.51. The van der Waals surface area contributed by atoms with Crippen LogP contribution in [0, 0.1) is 6.92 Å². The molecule has 184 valence electrons. The highest BCUT2D eigenvalue weighted by Gasteiger charge is 2.26. The van der Waals surface area contributed by atoms with E-state index in [1.165, 1.54) is 28.0 Å². The third-order valence-corrected chi connectivity index (χ3v) is 8.09. The van der Waals surface area contributed by atoms with Gasteiger partial charge in [0.1, 0.15) is 5.00 Å². The van der Waals surface area contributed by atoms with Gasteiger partial charge in [-0.3, -0.25) is 14.7 Å². The van der Waals surface area contributed by atoms with E-state index >= 15 is 0 Å². The van der Waals surface area contributed by atoms with Gasteiger partial charge in [0.2, 0.25) is 11.1 Å². The molecule has 36 heavy (non-hydrogen) atoms. The number of thiophene rings is 1. The number of carbonyl (C=O) groups excluding carboxylic acids is 2. The van der Waals surface area contributed by atoms with Crippen LogP contribution in [-0.2, 0) is 24.2 Å². The number of anilines is 1. The monoisotopic (exact) mass is 517 g/mol. The van der Waals surface area contributed by atoms with Crippen LogP contribution in [0.25, 0.3) is 11.4 Å². The van der Waals surface area contributed by atoms with Gasteiger partial charge in [-0.05, 0) is 49.8 Å². The number of rotatable bonds is 8. The molecule has 0 bridgehead atoms. The molecule has 1 aliphatic carbocycles. The highest BCUT2D eigenvalue weighted by atomic mass is 32.2. The van der Waals surface area contributed by atoms with E-state index in [0.29, 0.717) is 28.1 Å². The first-order chi connectivity index (χ1) is 17.6. The van der Waals surface area contributed by atoms with Gasteiger partial charge in [0.25, 0.3) is 5.91 Å². The van der Waals surface area contributed by atoms with Gasteiger partial charge in [-0.15, -0.1) is 16.4 Å². The lowest BCUT2D eigenvalue weighted by Crippen LogP contribution is -2.25. The Morgan fingerprint density at radius 3 is 2.75 bits per heavy atom. The second kappa shape index (κ2) is 11.1. The second-order valence-electron chi connectivity index (χ2n) is 8.76. The SMILES string of the molecule is Cc1cccc(-c2nc(SCC(=O)Nc3sc4c(c3C(=O)NCc3ccccc3)CCCC4)n[nH]2)c1. The molecule has 3 N–H and O–H groups in total. The van der Waals surface area contributed by atoms with Crippen LogP contribution in [-0.4, -0.2) is 32.7 Å². The van der Waals surface area contributed by atoms with Crippen molar-refractivity contribution in [3.8, 4) is 11.4 Å². The van der Waals surface area contributed by atoms with Crippen LogP contribution in [0.1, 0.15) is 44.8 Å². The molecule has 0 fully saturated rings. The van der Waals surface area contributed by atoms with Crippen molar-refractivity contribution >= 4 is 39.9 Å². The predicted octanol–water partition coefficient (Wildman–Crippen LogP) is 5.38. The van der Waals surface area contributed by atoms with Crippen molar-refractivity contribution in [2.75, 3.05) is 11.1 Å². The van der Waals surface area contributed by atoms with Crippen LogP contribution < -0.4 is 10.6 Å². The van der Waals surface area contributed by atoms with Crippen molar-refractivity contribution in [1.29, 1.82) is 0 Å². The van der Waals surface area contributed by atoms with Crippen molar-refractivity contribution in [2.24, 2.45) is 0 Å². The van der Waals surface area contributed by atoms with Gasteiger partial charge in [-0.25, -0.2) is 4.98 Å². The van der Waals surface area contributed by atoms with Crippen LogP contribution in [0.15, 0.2) is 59.8 Å². The fourth-order valence-corrected chi connectivity index (χ4v) is 6.19. The summed E-state index contributed by atoms with van der Waals surface area (Å²) in [5.74, 6) is 0.499. The summed E-state index contributed by atoms with van der Waals surface area (Å²) in [6.45, 7) is 2.47. The lowest BCUT2D eigenvalue weighted by atomic mass is 9.95. The molecule has 2 amide bonds. The maximum atomic E-state index is 13.2. The first kappa shape index (κ1) is 24.3. The number of aromatic nitrogens is 3. The van der Waals surface area contributed by atoms with E-state index in [9.17, 15) is 9.59 Å². The number of carbonyl (C=O) groups is 2. The Hall–Kier alpha value is -3.43. The third-order valence-electron chi connectivity index (χ3n) is 6.04. The molecule has 0 radical (unpaired) electrons. The van der Waals surface area contributed by atoms with Crippen molar-refractivity contribution in [3.05, 3.63) is 81.7 Å². The molecule has 7 nitrogen and oxygen atoms in total. The summed E-state index contributed by atoms with van der Waals surface area (Å²) in [5, 5.41) is 14.3. The minimum atomic E-state index is -0.183. The molecular weight excluding hydrogens is 490 g/mol. The molecule has 0 saturated carbocycles. The molecule has 0 aliphatic heterocycles. The Morgan fingerprint density at radius 1 is 1.08 bits per heavy atom. The standard InChI is InChI=1S/C27H27N5O2S2/c1-17-8-7-11-19(14-17)24-30-27(32-31-24)35-16-22(33)29-26-23(20-12-5-6-13-21(20)36-26)25(34)28-15-18-9-3-2-4-10-18/h2-4,7-11,14H,5-6,12-13,15-16H2,1H3,(H,28,34)(H,29,33)(H,30,31,32). The Kier molecular flexibility index (Phi) is 7.48. The lowest BCUT2D eigenvalue weighted by Gasteiger charge is -2.13. The van der Waals surface area contributed by atoms with Crippen LogP contribution in [0.3, 0.4) is 0 Å². The average molecular weight is 518 g/mol. The molecule has 2 aromatic heterocycles. The highest BCUT2D eigenvalue weighted by molar-refractivity contribution is 7.99. The normalized spacial score (nSPS) is 12.7. The van der Waals surface area contributed by atoms with Gasteiger partial charge in [-0.2, -0.15) is 0 Å². The molecule has 2 heterocycles. The zero-order chi connectivity index (χ0) is 24.9. The van der Waals surface area contributed by atoms with Gasteiger partial charge in [0.15, 0.2) is 5.82 Å². The molecule has 9 heteroatoms. The fourth-order valence-electron chi connectivity index (χ4n) is 4.29. The summed E-state index contributed by atoms with van der Waals surface area (Å²) in [7, 11) is 0. The molecule has 4 aromatic rings. The van der Waals surface area contributed by atoms with Crippen molar-refractivity contribution in [3.63, 3.8) is 0 Å². The minimum absolute atomic E-state index is 0.141. The lowest BCUT2D eigenvalue weighted by molar-refractivity contribution is -0.113. The first-order valence-electron chi connectivity index (χ1n) is 12.0. The summed E-state index contributed by atoms with van der Waals surface area (Å²) in [6.07, 6.45) is 3.97. The number of hydrogen-bond acceptors (Lipinski definition) is 6. The Morgan fingerprint density at radius 2 is 1.92 bits per heavy atom. The summed E-state index contributed by atoms with van der Waals surface area (Å²) < 4.78 is 0. The van der Waals surface area contributed by atoms with Gasteiger partial charge in [-0.1, -0.05) is 65.9 Å². The summed E-state index contributed by atoms with van der Waals surface area (Å²) in [5.41, 5.74) is 4.82. The number of amides is 2. The van der Waals surface area contributed by atoms with Crippen LogP contribution in [0.4, 0.5) is 5.00 Å².